The molecular weight excluding hydrogens is 470 g/mol. The standard InChI is InChI=1S/C22H31NO12/c1-8(20(31)23-14-16(28)15(27)13(7-24)33-21(14)32)5-10-3-4-12(11(26)6-10)34-22-18(30)17(29)19(35-22)9(2)25/h3-6,9,13-19,21-22,24-30,32H,7H2,1-2H3,(H,23,31)/b8-5+/t9-,13+,14-,15+,16+,17-,18-,19+,21?,22+/m0/s1. The summed E-state index contributed by atoms with van der Waals surface area (Å²) in [4.78, 5) is 12.5. The maximum atomic E-state index is 12.5. The molecule has 0 spiro atoms. The molecule has 0 aliphatic carbocycles. The first kappa shape index (κ1) is 27.3. The number of nitrogens with one attached hydrogen (secondary N) is 1. The zero-order valence-electron chi connectivity index (χ0n) is 19.0. The molecule has 10 atom stereocenters. The molecule has 0 radical (unpaired) electrons. The number of aromatic hydroxyl groups is 1. The number of aliphatic hydroxyl groups is 7. The molecule has 0 saturated carbocycles. The first-order valence-corrected chi connectivity index (χ1v) is 10.9. The van der Waals surface area contributed by atoms with Gasteiger partial charge in [0.25, 0.3) is 0 Å². The van der Waals surface area contributed by atoms with Gasteiger partial charge in [0, 0.05) is 5.57 Å². The summed E-state index contributed by atoms with van der Waals surface area (Å²) in [6.07, 6.45) is -10.9. The van der Waals surface area contributed by atoms with Crippen LogP contribution >= 0.6 is 0 Å². The fourth-order valence-corrected chi connectivity index (χ4v) is 3.85. The van der Waals surface area contributed by atoms with Crippen molar-refractivity contribution in [2.24, 2.45) is 0 Å². The fraction of sp³-hybridized carbons (Fsp3) is 0.591. The highest BCUT2D eigenvalue weighted by Crippen LogP contribution is 2.32. The molecule has 13 heteroatoms. The van der Waals surface area contributed by atoms with Crippen LogP contribution in [0.2, 0.25) is 0 Å². The van der Waals surface area contributed by atoms with Gasteiger partial charge in [-0.1, -0.05) is 6.07 Å². The lowest BCUT2D eigenvalue weighted by atomic mass is 9.96. The van der Waals surface area contributed by atoms with Crippen molar-refractivity contribution >= 4 is 12.0 Å². The minimum absolute atomic E-state index is 0.0789. The molecule has 2 aliphatic rings. The summed E-state index contributed by atoms with van der Waals surface area (Å²) < 4.78 is 15.7. The van der Waals surface area contributed by atoms with Crippen molar-refractivity contribution < 1.29 is 59.9 Å². The molecule has 0 aromatic heterocycles. The van der Waals surface area contributed by atoms with Crippen LogP contribution in [0.15, 0.2) is 23.8 Å². The van der Waals surface area contributed by atoms with Gasteiger partial charge in [-0.2, -0.15) is 0 Å². The van der Waals surface area contributed by atoms with Crippen LogP contribution in [0.25, 0.3) is 6.08 Å². The van der Waals surface area contributed by atoms with Crippen molar-refractivity contribution in [2.75, 3.05) is 6.61 Å². The Bertz CT molecular complexity index is 924. The van der Waals surface area contributed by atoms with E-state index < -0.39 is 73.9 Å². The quantitative estimate of drug-likeness (QED) is 0.170. The highest BCUT2D eigenvalue weighted by Gasteiger charge is 2.46. The van der Waals surface area contributed by atoms with E-state index in [9.17, 15) is 40.5 Å². The summed E-state index contributed by atoms with van der Waals surface area (Å²) in [5.41, 5.74) is 0.493. The van der Waals surface area contributed by atoms with Crippen molar-refractivity contribution in [1.29, 1.82) is 0 Å². The van der Waals surface area contributed by atoms with Gasteiger partial charge in [-0.25, -0.2) is 0 Å². The summed E-state index contributed by atoms with van der Waals surface area (Å²) in [7, 11) is 0. The SMILES string of the molecule is C/C(=C\c1ccc(O[C@@H]2O[C@H]([C@H](C)O)[C@@H](O)[C@@H]2O)c(O)c1)C(=O)N[C@@H]1C(O)O[C@H](CO)[C@@H](O)[C@@H]1O. The Morgan fingerprint density at radius 1 is 1.11 bits per heavy atom. The minimum Gasteiger partial charge on any atom is -0.504 e. The third-order valence-corrected chi connectivity index (χ3v) is 5.90. The van der Waals surface area contributed by atoms with E-state index in [1.165, 1.54) is 38.1 Å². The molecule has 13 nitrogen and oxygen atoms in total. The third kappa shape index (κ3) is 5.91. The van der Waals surface area contributed by atoms with E-state index in [-0.39, 0.29) is 17.1 Å². The molecule has 2 saturated heterocycles. The Morgan fingerprint density at radius 2 is 1.80 bits per heavy atom. The van der Waals surface area contributed by atoms with Crippen molar-refractivity contribution in [3.05, 3.63) is 29.3 Å². The first-order valence-electron chi connectivity index (χ1n) is 10.9. The normalized spacial score (nSPS) is 36.6. The second-order valence-electron chi connectivity index (χ2n) is 8.59. The van der Waals surface area contributed by atoms with E-state index >= 15 is 0 Å². The molecule has 1 unspecified atom stereocenters. The number of hydrogen-bond donors (Lipinski definition) is 9. The second-order valence-corrected chi connectivity index (χ2v) is 8.59. The third-order valence-electron chi connectivity index (χ3n) is 5.90. The van der Waals surface area contributed by atoms with Crippen LogP contribution in [0.1, 0.15) is 19.4 Å². The predicted octanol–water partition coefficient (Wildman–Crippen LogP) is -3.08. The van der Waals surface area contributed by atoms with E-state index in [1.807, 2.05) is 0 Å². The Morgan fingerprint density at radius 3 is 2.37 bits per heavy atom. The molecule has 2 heterocycles. The van der Waals surface area contributed by atoms with Gasteiger partial charge < -0.3 is 60.4 Å². The molecule has 1 amide bonds. The van der Waals surface area contributed by atoms with Crippen molar-refractivity contribution in [1.82, 2.24) is 5.32 Å². The Hall–Kier alpha value is -2.33. The molecule has 0 bridgehead atoms. The zero-order valence-corrected chi connectivity index (χ0v) is 19.0. The average molecular weight is 501 g/mol. The largest absolute Gasteiger partial charge is 0.504 e. The van der Waals surface area contributed by atoms with Gasteiger partial charge in [-0.05, 0) is 37.6 Å². The number of aliphatic hydroxyl groups excluding tert-OH is 7. The number of rotatable bonds is 7. The molecule has 9 N–H and O–H groups in total. The lowest BCUT2D eigenvalue weighted by Gasteiger charge is -2.40. The van der Waals surface area contributed by atoms with Crippen molar-refractivity contribution in [2.45, 2.75) is 75.2 Å². The number of hydrogen-bond acceptors (Lipinski definition) is 12. The predicted molar refractivity (Wildman–Crippen MR) is 117 cm³/mol. The number of carbonyl (C=O) groups excluding carboxylic acids is 1. The monoisotopic (exact) mass is 501 g/mol. The van der Waals surface area contributed by atoms with Gasteiger partial charge in [0.05, 0.1) is 12.7 Å². The molecule has 35 heavy (non-hydrogen) atoms. The number of phenolic OH excluding ortho intramolecular Hbond substituents is 1. The van der Waals surface area contributed by atoms with E-state index in [2.05, 4.69) is 5.32 Å². The highest BCUT2D eigenvalue weighted by molar-refractivity contribution is 5.97. The summed E-state index contributed by atoms with van der Waals surface area (Å²) in [5.74, 6) is -1.14. The molecule has 3 rings (SSSR count). The Labute approximate surface area is 200 Å². The maximum Gasteiger partial charge on any atom is 0.247 e. The summed E-state index contributed by atoms with van der Waals surface area (Å²) in [6.45, 7) is 2.19. The Balaban J connectivity index is 1.65. The minimum atomic E-state index is -1.66. The van der Waals surface area contributed by atoms with Gasteiger partial charge in [0.2, 0.25) is 12.2 Å². The van der Waals surface area contributed by atoms with E-state index in [0.717, 1.165) is 0 Å². The Kier molecular flexibility index (Phi) is 8.69. The number of benzene rings is 1. The van der Waals surface area contributed by atoms with E-state index in [0.29, 0.717) is 5.56 Å². The van der Waals surface area contributed by atoms with Crippen LogP contribution in [-0.4, -0.2) is 115 Å². The van der Waals surface area contributed by atoms with Crippen LogP contribution in [-0.2, 0) is 14.3 Å². The van der Waals surface area contributed by atoms with Crippen LogP contribution in [0.3, 0.4) is 0 Å². The van der Waals surface area contributed by atoms with Crippen molar-refractivity contribution in [3.8, 4) is 11.5 Å². The lowest BCUT2D eigenvalue weighted by Crippen LogP contribution is -2.64. The number of ether oxygens (including phenoxy) is 3. The van der Waals surface area contributed by atoms with E-state index in [4.69, 9.17) is 19.3 Å². The first-order chi connectivity index (χ1) is 16.4. The van der Waals surface area contributed by atoms with Gasteiger partial charge in [0.15, 0.2) is 17.8 Å². The van der Waals surface area contributed by atoms with Crippen LogP contribution in [0.5, 0.6) is 11.5 Å². The topological polar surface area (TPSA) is 219 Å². The van der Waals surface area contributed by atoms with Crippen LogP contribution in [0.4, 0.5) is 0 Å². The molecule has 2 fully saturated rings. The number of carbonyl (C=O) groups is 1. The molecule has 196 valence electrons. The zero-order chi connectivity index (χ0) is 26.0. The van der Waals surface area contributed by atoms with Gasteiger partial charge >= 0.3 is 0 Å². The van der Waals surface area contributed by atoms with Crippen molar-refractivity contribution in [3.63, 3.8) is 0 Å². The fourth-order valence-electron chi connectivity index (χ4n) is 3.85. The summed E-state index contributed by atoms with van der Waals surface area (Å²) in [6, 6.07) is 2.74. The molecule has 1 aromatic rings. The van der Waals surface area contributed by atoms with E-state index in [1.54, 1.807) is 0 Å². The number of amides is 1. The average Bonchev–Trinajstić information content (AvgIpc) is 3.09. The van der Waals surface area contributed by atoms with Crippen LogP contribution < -0.4 is 10.1 Å². The number of phenols is 1. The van der Waals surface area contributed by atoms with Gasteiger partial charge in [-0.15, -0.1) is 0 Å². The smallest absolute Gasteiger partial charge is 0.247 e. The summed E-state index contributed by atoms with van der Waals surface area (Å²) in [5, 5.41) is 81.5. The van der Waals surface area contributed by atoms with Gasteiger partial charge in [-0.3, -0.25) is 4.79 Å². The molecule has 1 aromatic carbocycles. The lowest BCUT2D eigenvalue weighted by molar-refractivity contribution is -0.253. The van der Waals surface area contributed by atoms with Gasteiger partial charge in [0.1, 0.15) is 42.7 Å². The molecule has 2 aliphatic heterocycles. The summed E-state index contributed by atoms with van der Waals surface area (Å²) >= 11 is 0. The maximum absolute atomic E-state index is 12.5. The molecular formula is C22H31NO12. The highest BCUT2D eigenvalue weighted by atomic mass is 16.7. The van der Waals surface area contributed by atoms with Crippen LogP contribution in [0, 0.1) is 0 Å². The second kappa shape index (κ2) is 11.2.